The minimum atomic E-state index is -4.56. The van der Waals surface area contributed by atoms with Crippen LogP contribution >= 0.6 is 23.4 Å². The van der Waals surface area contributed by atoms with Gasteiger partial charge in [-0.15, -0.1) is 0 Å². The summed E-state index contributed by atoms with van der Waals surface area (Å²) in [5.74, 6) is 1.10. The van der Waals surface area contributed by atoms with Crippen LogP contribution in [0.1, 0.15) is 16.7 Å². The first-order valence-corrected chi connectivity index (χ1v) is 11.9. The fourth-order valence-electron chi connectivity index (χ4n) is 3.09. The average molecular weight is 525 g/mol. The third kappa shape index (κ3) is 7.90. The van der Waals surface area contributed by atoms with Crippen LogP contribution in [-0.4, -0.2) is 23.1 Å². The predicted molar refractivity (Wildman–Crippen MR) is 129 cm³/mol. The molecule has 0 fully saturated rings. The highest BCUT2D eigenvalue weighted by molar-refractivity contribution is 7.98. The fraction of sp³-hybridized carbons (Fsp3) is 0.208. The lowest BCUT2D eigenvalue weighted by molar-refractivity contribution is -0.385. The van der Waals surface area contributed by atoms with Gasteiger partial charge in [-0.3, -0.25) is 14.9 Å². The number of halogens is 4. The summed E-state index contributed by atoms with van der Waals surface area (Å²) in [6.45, 7) is 0.390. The number of benzene rings is 3. The van der Waals surface area contributed by atoms with Crippen LogP contribution in [0.5, 0.6) is 11.5 Å². The van der Waals surface area contributed by atoms with Crippen molar-refractivity contribution in [1.82, 2.24) is 5.32 Å². The summed E-state index contributed by atoms with van der Waals surface area (Å²) in [5, 5.41) is 13.9. The van der Waals surface area contributed by atoms with Crippen molar-refractivity contribution in [2.45, 2.75) is 18.3 Å². The number of thioether (sulfide) groups is 1. The van der Waals surface area contributed by atoms with Crippen molar-refractivity contribution in [1.29, 1.82) is 0 Å². The highest BCUT2D eigenvalue weighted by atomic mass is 35.5. The van der Waals surface area contributed by atoms with Crippen molar-refractivity contribution in [2.24, 2.45) is 0 Å². The highest BCUT2D eigenvalue weighted by Gasteiger charge is 2.31. The molecule has 0 saturated heterocycles. The van der Waals surface area contributed by atoms with Crippen molar-refractivity contribution in [3.05, 3.63) is 98.6 Å². The maximum Gasteiger partial charge on any atom is 0.416 e. The molecule has 0 spiro atoms. The summed E-state index contributed by atoms with van der Waals surface area (Å²) in [7, 11) is 0. The van der Waals surface area contributed by atoms with E-state index in [0.717, 1.165) is 24.0 Å². The third-order valence-electron chi connectivity index (χ3n) is 4.77. The molecule has 0 saturated carbocycles. The Morgan fingerprint density at radius 2 is 1.83 bits per heavy atom. The van der Waals surface area contributed by atoms with E-state index in [1.165, 1.54) is 23.8 Å². The van der Waals surface area contributed by atoms with E-state index < -0.39 is 22.6 Å². The molecule has 1 N–H and O–H groups in total. The van der Waals surface area contributed by atoms with Crippen LogP contribution in [0.4, 0.5) is 18.9 Å². The molecular weight excluding hydrogens is 505 g/mol. The Kier molecular flexibility index (Phi) is 9.00. The second kappa shape index (κ2) is 11.9. The molecule has 6 nitrogen and oxygen atoms in total. The van der Waals surface area contributed by atoms with Gasteiger partial charge >= 0.3 is 6.18 Å². The predicted octanol–water partition coefficient (Wildman–Crippen LogP) is 6.65. The summed E-state index contributed by atoms with van der Waals surface area (Å²) < 4.78 is 44.0. The number of nitrogens with zero attached hydrogens (tertiary/aromatic N) is 1. The summed E-state index contributed by atoms with van der Waals surface area (Å²) in [6, 6.07) is 16.2. The molecule has 0 unspecified atom stereocenters. The zero-order valence-electron chi connectivity index (χ0n) is 18.2. The molecule has 0 aromatic heterocycles. The Balaban J connectivity index is 1.61. The van der Waals surface area contributed by atoms with Gasteiger partial charge in [0.25, 0.3) is 5.69 Å². The SMILES string of the molecule is O=C(Cc1cc(Oc2ccc(C(F)(F)F)cc2Cl)ccc1[N+](=O)[O-])NCCSCc1ccccc1. The zero-order valence-corrected chi connectivity index (χ0v) is 19.8. The number of amides is 1. The normalized spacial score (nSPS) is 11.2. The standard InChI is InChI=1S/C24H20ClF3N2O4S/c25-20-14-18(24(26,27)28)6-9-22(20)34-19-7-8-21(30(32)33)17(12-19)13-23(31)29-10-11-35-15-16-4-2-1-3-5-16/h1-9,12,14H,10-11,13,15H2,(H,29,31). The largest absolute Gasteiger partial charge is 0.456 e. The summed E-state index contributed by atoms with van der Waals surface area (Å²) in [4.78, 5) is 23.1. The van der Waals surface area contributed by atoms with Crippen molar-refractivity contribution in [3.8, 4) is 11.5 Å². The molecule has 0 atom stereocenters. The van der Waals surface area contributed by atoms with Crippen LogP contribution < -0.4 is 10.1 Å². The van der Waals surface area contributed by atoms with Gasteiger partial charge in [0.05, 0.1) is 21.9 Å². The monoisotopic (exact) mass is 524 g/mol. The topological polar surface area (TPSA) is 81.5 Å². The molecule has 0 bridgehead atoms. The van der Waals surface area contributed by atoms with Gasteiger partial charge in [0, 0.05) is 29.7 Å². The fourth-order valence-corrected chi connectivity index (χ4v) is 4.13. The molecule has 35 heavy (non-hydrogen) atoms. The first-order chi connectivity index (χ1) is 16.6. The van der Waals surface area contributed by atoms with Crippen molar-refractivity contribution < 1.29 is 27.6 Å². The molecule has 1 amide bonds. The average Bonchev–Trinajstić information content (AvgIpc) is 2.80. The second-order valence-electron chi connectivity index (χ2n) is 7.36. The third-order valence-corrected chi connectivity index (χ3v) is 6.09. The quantitative estimate of drug-likeness (QED) is 0.182. The summed E-state index contributed by atoms with van der Waals surface area (Å²) in [5.41, 5.74) is 0.0664. The number of carbonyl (C=O) groups is 1. The minimum Gasteiger partial charge on any atom is -0.456 e. The van der Waals surface area contributed by atoms with E-state index >= 15 is 0 Å². The van der Waals surface area contributed by atoms with E-state index in [1.54, 1.807) is 11.8 Å². The Hall–Kier alpha value is -3.24. The van der Waals surface area contributed by atoms with Crippen LogP contribution in [0.3, 0.4) is 0 Å². The van der Waals surface area contributed by atoms with Crippen LogP contribution in [0.15, 0.2) is 66.7 Å². The van der Waals surface area contributed by atoms with E-state index in [-0.39, 0.29) is 34.2 Å². The number of hydrogen-bond donors (Lipinski definition) is 1. The van der Waals surface area contributed by atoms with Gasteiger partial charge < -0.3 is 10.1 Å². The Morgan fingerprint density at radius 3 is 2.49 bits per heavy atom. The molecule has 0 aliphatic heterocycles. The Morgan fingerprint density at radius 1 is 1.09 bits per heavy atom. The number of carbonyl (C=O) groups excluding carboxylic acids is 1. The summed E-state index contributed by atoms with van der Waals surface area (Å²) >= 11 is 7.56. The molecule has 0 aliphatic carbocycles. The zero-order chi connectivity index (χ0) is 25.4. The first-order valence-electron chi connectivity index (χ1n) is 10.3. The first kappa shape index (κ1) is 26.4. The van der Waals surface area contributed by atoms with Crippen LogP contribution in [-0.2, 0) is 23.1 Å². The maximum atomic E-state index is 12.8. The lowest BCUT2D eigenvalue weighted by Gasteiger charge is -2.12. The van der Waals surface area contributed by atoms with Crippen molar-refractivity contribution >= 4 is 35.0 Å². The smallest absolute Gasteiger partial charge is 0.416 e. The molecule has 0 radical (unpaired) electrons. The molecule has 184 valence electrons. The van der Waals surface area contributed by atoms with Crippen LogP contribution in [0.25, 0.3) is 0 Å². The lowest BCUT2D eigenvalue weighted by atomic mass is 10.1. The van der Waals surface area contributed by atoms with Crippen LogP contribution in [0, 0.1) is 10.1 Å². The Labute approximate surface area is 208 Å². The van der Waals surface area contributed by atoms with Crippen molar-refractivity contribution in [2.75, 3.05) is 12.3 Å². The van der Waals surface area contributed by atoms with Crippen molar-refractivity contribution in [3.63, 3.8) is 0 Å². The summed E-state index contributed by atoms with van der Waals surface area (Å²) in [6.07, 6.45) is -4.83. The number of ether oxygens (including phenoxy) is 1. The van der Waals surface area contributed by atoms with Gasteiger partial charge in [0.1, 0.15) is 11.5 Å². The molecule has 0 heterocycles. The molecular formula is C24H20ClF3N2O4S. The molecule has 0 aliphatic rings. The van der Waals surface area contributed by atoms with Crippen LogP contribution in [0.2, 0.25) is 5.02 Å². The van der Waals surface area contributed by atoms with E-state index in [1.807, 2.05) is 30.3 Å². The second-order valence-corrected chi connectivity index (χ2v) is 8.87. The number of nitro groups is 1. The molecule has 3 rings (SSSR count). The van der Waals surface area contributed by atoms with Gasteiger partial charge in [-0.2, -0.15) is 24.9 Å². The van der Waals surface area contributed by atoms with Gasteiger partial charge in [0.15, 0.2) is 0 Å². The minimum absolute atomic E-state index is 0.0561. The lowest BCUT2D eigenvalue weighted by Crippen LogP contribution is -2.27. The van der Waals surface area contributed by atoms with E-state index in [9.17, 15) is 28.1 Å². The number of nitrogens with one attached hydrogen (secondary N) is 1. The number of hydrogen-bond acceptors (Lipinski definition) is 5. The van der Waals surface area contributed by atoms with E-state index in [0.29, 0.717) is 12.3 Å². The number of alkyl halides is 3. The molecule has 3 aromatic rings. The number of rotatable bonds is 10. The van der Waals surface area contributed by atoms with Gasteiger partial charge in [-0.25, -0.2) is 0 Å². The maximum absolute atomic E-state index is 12.8. The molecule has 11 heteroatoms. The molecule has 3 aromatic carbocycles. The Bertz CT molecular complexity index is 1190. The highest BCUT2D eigenvalue weighted by Crippen LogP contribution is 2.37. The van der Waals surface area contributed by atoms with E-state index in [2.05, 4.69) is 5.32 Å². The van der Waals surface area contributed by atoms with Gasteiger partial charge in [-0.1, -0.05) is 41.9 Å². The van der Waals surface area contributed by atoms with Gasteiger partial charge in [0.2, 0.25) is 5.91 Å². The van der Waals surface area contributed by atoms with E-state index in [4.69, 9.17) is 16.3 Å². The number of nitro benzene ring substituents is 1. The van der Waals surface area contributed by atoms with Gasteiger partial charge in [-0.05, 0) is 35.9 Å².